The van der Waals surface area contributed by atoms with Crippen LogP contribution in [0.4, 0.5) is 4.39 Å². The van der Waals surface area contributed by atoms with E-state index in [9.17, 15) is 9.18 Å². The van der Waals surface area contributed by atoms with Crippen molar-refractivity contribution in [3.8, 4) is 0 Å². The lowest BCUT2D eigenvalue weighted by molar-refractivity contribution is -0.128. The molecule has 0 aromatic rings. The first-order chi connectivity index (χ1) is 7.28. The van der Waals surface area contributed by atoms with Crippen molar-refractivity contribution < 1.29 is 9.18 Å². The summed E-state index contributed by atoms with van der Waals surface area (Å²) >= 11 is 0. The summed E-state index contributed by atoms with van der Waals surface area (Å²) in [5, 5.41) is 0. The number of ketones is 1. The fraction of sp³-hybridized carbons (Fsp3) is 0.769. The summed E-state index contributed by atoms with van der Waals surface area (Å²) in [5.41, 5.74) is 5.45. The fourth-order valence-electron chi connectivity index (χ4n) is 2.83. The SMILES string of the molecule is C=C(F)C(=O)C1(C)CCC(C(C)C)C(N)C1. The van der Waals surface area contributed by atoms with Crippen LogP contribution >= 0.6 is 0 Å². The first kappa shape index (κ1) is 13.4. The van der Waals surface area contributed by atoms with Crippen LogP contribution in [-0.4, -0.2) is 11.8 Å². The number of rotatable bonds is 3. The van der Waals surface area contributed by atoms with Crippen LogP contribution < -0.4 is 5.73 Å². The minimum atomic E-state index is -0.835. The van der Waals surface area contributed by atoms with E-state index in [0.717, 1.165) is 6.42 Å². The van der Waals surface area contributed by atoms with Crippen LogP contribution in [0.2, 0.25) is 0 Å². The van der Waals surface area contributed by atoms with E-state index in [0.29, 0.717) is 24.7 Å². The lowest BCUT2D eigenvalue weighted by Crippen LogP contribution is -2.46. The monoisotopic (exact) mass is 227 g/mol. The quantitative estimate of drug-likeness (QED) is 0.753. The minimum Gasteiger partial charge on any atom is -0.327 e. The second-order valence-corrected chi connectivity index (χ2v) is 5.61. The van der Waals surface area contributed by atoms with Crippen LogP contribution in [-0.2, 0) is 4.79 Å². The molecule has 0 heterocycles. The van der Waals surface area contributed by atoms with E-state index in [1.807, 2.05) is 0 Å². The van der Waals surface area contributed by atoms with Gasteiger partial charge in [-0.3, -0.25) is 4.79 Å². The van der Waals surface area contributed by atoms with Crippen LogP contribution in [0.1, 0.15) is 40.0 Å². The van der Waals surface area contributed by atoms with Crippen molar-refractivity contribution in [2.45, 2.75) is 46.1 Å². The molecule has 16 heavy (non-hydrogen) atoms. The standard InChI is InChI=1S/C13H22FNO/c1-8(2)10-5-6-13(4,7-11(10)15)12(16)9(3)14/h8,10-11H,3,5-7,15H2,1-2,4H3. The Hall–Kier alpha value is -0.700. The van der Waals surface area contributed by atoms with E-state index in [-0.39, 0.29) is 6.04 Å². The van der Waals surface area contributed by atoms with Gasteiger partial charge >= 0.3 is 0 Å². The van der Waals surface area contributed by atoms with Crippen molar-refractivity contribution in [2.24, 2.45) is 23.0 Å². The molecule has 0 aliphatic heterocycles. The van der Waals surface area contributed by atoms with Crippen LogP contribution in [0, 0.1) is 17.3 Å². The predicted octanol–water partition coefficient (Wildman–Crippen LogP) is 2.83. The van der Waals surface area contributed by atoms with Crippen molar-refractivity contribution in [2.75, 3.05) is 0 Å². The van der Waals surface area contributed by atoms with E-state index in [1.165, 1.54) is 0 Å². The van der Waals surface area contributed by atoms with Crippen molar-refractivity contribution in [1.29, 1.82) is 0 Å². The van der Waals surface area contributed by atoms with Gasteiger partial charge in [-0.05, 0) is 31.1 Å². The van der Waals surface area contributed by atoms with Crippen molar-refractivity contribution in [1.82, 2.24) is 0 Å². The lowest BCUT2D eigenvalue weighted by Gasteiger charge is -2.41. The van der Waals surface area contributed by atoms with Gasteiger partial charge in [0.1, 0.15) is 0 Å². The zero-order valence-electron chi connectivity index (χ0n) is 10.4. The number of carbonyl (C=O) groups excluding carboxylic acids is 1. The molecule has 2 nitrogen and oxygen atoms in total. The van der Waals surface area contributed by atoms with Crippen LogP contribution in [0.25, 0.3) is 0 Å². The molecule has 0 aromatic carbocycles. The Balaban J connectivity index is 2.76. The zero-order valence-corrected chi connectivity index (χ0v) is 10.4. The summed E-state index contributed by atoms with van der Waals surface area (Å²) < 4.78 is 12.9. The van der Waals surface area contributed by atoms with Gasteiger partial charge in [0.25, 0.3) is 0 Å². The maximum Gasteiger partial charge on any atom is 0.196 e. The average Bonchev–Trinajstić information content (AvgIpc) is 2.15. The number of halogens is 1. The highest BCUT2D eigenvalue weighted by Gasteiger charge is 2.42. The molecular formula is C13H22FNO. The Kier molecular flexibility index (Phi) is 3.89. The number of Topliss-reactive ketones (excluding diaryl/α,β-unsaturated/α-hetero) is 1. The third kappa shape index (κ3) is 2.51. The first-order valence-electron chi connectivity index (χ1n) is 5.92. The van der Waals surface area contributed by atoms with Crippen LogP contribution in [0.5, 0.6) is 0 Å². The second-order valence-electron chi connectivity index (χ2n) is 5.61. The Bertz CT molecular complexity index is 300. The minimum absolute atomic E-state index is 0.0120. The number of carbonyl (C=O) groups is 1. The fourth-order valence-corrected chi connectivity index (χ4v) is 2.83. The number of nitrogens with two attached hydrogens (primary N) is 1. The van der Waals surface area contributed by atoms with Gasteiger partial charge in [0, 0.05) is 11.5 Å². The van der Waals surface area contributed by atoms with E-state index in [1.54, 1.807) is 6.92 Å². The van der Waals surface area contributed by atoms with Gasteiger partial charge < -0.3 is 5.73 Å². The van der Waals surface area contributed by atoms with Gasteiger partial charge in [-0.2, -0.15) is 0 Å². The van der Waals surface area contributed by atoms with Crippen LogP contribution in [0.3, 0.4) is 0 Å². The third-order valence-corrected chi connectivity index (χ3v) is 3.92. The summed E-state index contributed by atoms with van der Waals surface area (Å²) in [5.74, 6) is -0.347. The molecule has 0 bridgehead atoms. The molecule has 0 aromatic heterocycles. The number of allylic oxidation sites excluding steroid dienone is 1. The molecule has 3 atom stereocenters. The molecule has 0 spiro atoms. The molecule has 1 aliphatic rings. The lowest BCUT2D eigenvalue weighted by atomic mass is 9.64. The average molecular weight is 227 g/mol. The normalized spacial score (nSPS) is 35.1. The maximum absolute atomic E-state index is 12.9. The molecule has 1 fully saturated rings. The molecule has 1 saturated carbocycles. The Morgan fingerprint density at radius 2 is 2.12 bits per heavy atom. The molecule has 1 aliphatic carbocycles. The van der Waals surface area contributed by atoms with Crippen molar-refractivity contribution in [3.63, 3.8) is 0 Å². The number of hydrogen-bond donors (Lipinski definition) is 1. The van der Waals surface area contributed by atoms with Gasteiger partial charge in [-0.15, -0.1) is 0 Å². The molecule has 92 valence electrons. The van der Waals surface area contributed by atoms with Crippen molar-refractivity contribution >= 4 is 5.78 Å². The molecule has 3 heteroatoms. The summed E-state index contributed by atoms with van der Waals surface area (Å²) in [4.78, 5) is 11.7. The van der Waals surface area contributed by atoms with Gasteiger partial charge in [0.15, 0.2) is 11.6 Å². The van der Waals surface area contributed by atoms with Gasteiger partial charge in [-0.25, -0.2) is 4.39 Å². The molecule has 1 rings (SSSR count). The zero-order chi connectivity index (χ0) is 12.5. The first-order valence-corrected chi connectivity index (χ1v) is 5.92. The molecular weight excluding hydrogens is 205 g/mol. The van der Waals surface area contributed by atoms with Crippen LogP contribution in [0.15, 0.2) is 12.4 Å². The molecule has 0 amide bonds. The Morgan fingerprint density at radius 3 is 2.50 bits per heavy atom. The highest BCUT2D eigenvalue weighted by atomic mass is 19.1. The van der Waals surface area contributed by atoms with Gasteiger partial charge in [-0.1, -0.05) is 27.4 Å². The topological polar surface area (TPSA) is 43.1 Å². The molecule has 0 radical (unpaired) electrons. The summed E-state index contributed by atoms with van der Waals surface area (Å²) in [7, 11) is 0. The van der Waals surface area contributed by atoms with Gasteiger partial charge in [0.05, 0.1) is 0 Å². The Morgan fingerprint density at radius 1 is 1.56 bits per heavy atom. The van der Waals surface area contributed by atoms with E-state index < -0.39 is 17.0 Å². The Labute approximate surface area is 97.1 Å². The number of hydrogen-bond acceptors (Lipinski definition) is 2. The molecule has 2 N–H and O–H groups in total. The van der Waals surface area contributed by atoms with Gasteiger partial charge in [0.2, 0.25) is 0 Å². The second kappa shape index (κ2) is 4.66. The largest absolute Gasteiger partial charge is 0.327 e. The van der Waals surface area contributed by atoms with E-state index >= 15 is 0 Å². The van der Waals surface area contributed by atoms with Crippen molar-refractivity contribution in [3.05, 3.63) is 12.4 Å². The predicted molar refractivity (Wildman–Crippen MR) is 63.5 cm³/mol. The summed E-state index contributed by atoms with van der Waals surface area (Å²) in [6.45, 7) is 9.18. The molecule has 0 saturated heterocycles. The highest BCUT2D eigenvalue weighted by Crippen LogP contribution is 2.42. The summed E-state index contributed by atoms with van der Waals surface area (Å²) in [6, 6.07) is -0.0120. The van der Waals surface area contributed by atoms with E-state index in [4.69, 9.17) is 5.73 Å². The van der Waals surface area contributed by atoms with E-state index in [2.05, 4.69) is 20.4 Å². The highest BCUT2D eigenvalue weighted by molar-refractivity contribution is 5.97. The smallest absolute Gasteiger partial charge is 0.196 e. The summed E-state index contributed by atoms with van der Waals surface area (Å²) in [6.07, 6.45) is 2.18. The maximum atomic E-state index is 12.9. The third-order valence-electron chi connectivity index (χ3n) is 3.92. The molecule has 3 unspecified atom stereocenters.